The van der Waals surface area contributed by atoms with E-state index in [-0.39, 0.29) is 35.2 Å². The number of halogens is 2. The van der Waals surface area contributed by atoms with Gasteiger partial charge in [0.25, 0.3) is 0 Å². The van der Waals surface area contributed by atoms with E-state index >= 15 is 0 Å². The van der Waals surface area contributed by atoms with Gasteiger partial charge in [-0.2, -0.15) is 0 Å². The van der Waals surface area contributed by atoms with E-state index in [4.69, 9.17) is 4.99 Å². The highest BCUT2D eigenvalue weighted by molar-refractivity contribution is 14.0. The molecule has 1 saturated carbocycles. The smallest absolute Gasteiger partial charge is 0.191 e. The van der Waals surface area contributed by atoms with Crippen LogP contribution in [0.25, 0.3) is 0 Å². The molecule has 0 saturated heterocycles. The molecule has 2 N–H and O–H groups in total. The van der Waals surface area contributed by atoms with Crippen molar-refractivity contribution in [3.8, 4) is 0 Å². The van der Waals surface area contributed by atoms with Gasteiger partial charge in [-0.3, -0.25) is 0 Å². The van der Waals surface area contributed by atoms with E-state index in [2.05, 4.69) is 51.4 Å². The average Bonchev–Trinajstić information content (AvgIpc) is 3.38. The van der Waals surface area contributed by atoms with Crippen molar-refractivity contribution in [1.82, 2.24) is 20.2 Å². The maximum Gasteiger partial charge on any atom is 0.191 e. The lowest BCUT2D eigenvalue weighted by Crippen LogP contribution is -2.41. The highest BCUT2D eigenvalue weighted by Gasteiger charge is 2.44. The van der Waals surface area contributed by atoms with Gasteiger partial charge in [-0.1, -0.05) is 36.4 Å². The normalized spacial score (nSPS) is 14.6. The quantitative estimate of drug-likeness (QED) is 0.255. The molecular formula is C24H29FIN5. The molecule has 5 nitrogen and oxygen atoms in total. The second-order valence-electron chi connectivity index (χ2n) is 7.89. The van der Waals surface area contributed by atoms with Crippen LogP contribution in [0.2, 0.25) is 0 Å². The third-order valence-electron chi connectivity index (χ3n) is 5.56. The zero-order valence-electron chi connectivity index (χ0n) is 17.7. The standard InChI is InChI=1S/C24H28FN5.HI/c1-2-27-23(29-17-24(9-10-24)21-7-4-8-22(25)14-21)28-15-19-5-3-6-20(13-19)16-30-12-11-26-18-30;/h3-8,11-14,18H,2,9-10,15-17H2,1H3,(H2,27,28,29);1H. The second-order valence-corrected chi connectivity index (χ2v) is 7.89. The number of imidazole rings is 1. The fraction of sp³-hybridized carbons (Fsp3) is 0.333. The molecule has 0 radical (unpaired) electrons. The summed E-state index contributed by atoms with van der Waals surface area (Å²) in [6, 6.07) is 15.4. The molecule has 3 aromatic rings. The Balaban J connectivity index is 0.00000272. The minimum absolute atomic E-state index is 0. The molecular weight excluding hydrogens is 504 g/mol. The molecule has 0 aliphatic heterocycles. The molecule has 1 heterocycles. The van der Waals surface area contributed by atoms with E-state index in [1.165, 1.54) is 11.6 Å². The number of nitrogens with zero attached hydrogens (tertiary/aromatic N) is 3. The van der Waals surface area contributed by atoms with Crippen molar-refractivity contribution < 1.29 is 4.39 Å². The van der Waals surface area contributed by atoms with Gasteiger partial charge in [0, 0.05) is 37.4 Å². The summed E-state index contributed by atoms with van der Waals surface area (Å²) >= 11 is 0. The van der Waals surface area contributed by atoms with Crippen molar-refractivity contribution in [1.29, 1.82) is 0 Å². The molecule has 0 unspecified atom stereocenters. The van der Waals surface area contributed by atoms with Gasteiger partial charge < -0.3 is 15.2 Å². The summed E-state index contributed by atoms with van der Waals surface area (Å²) in [4.78, 5) is 8.86. The molecule has 164 valence electrons. The molecule has 4 rings (SSSR count). The van der Waals surface area contributed by atoms with Crippen LogP contribution in [-0.4, -0.2) is 28.6 Å². The summed E-state index contributed by atoms with van der Waals surface area (Å²) in [6.07, 6.45) is 7.71. The number of rotatable bonds is 8. The maximum atomic E-state index is 13.6. The Morgan fingerprint density at radius 2 is 1.94 bits per heavy atom. The maximum absolute atomic E-state index is 13.6. The molecule has 2 aromatic carbocycles. The van der Waals surface area contributed by atoms with Crippen molar-refractivity contribution >= 4 is 29.9 Å². The predicted octanol–water partition coefficient (Wildman–Crippen LogP) is 4.48. The van der Waals surface area contributed by atoms with Crippen molar-refractivity contribution in [3.05, 3.63) is 89.8 Å². The number of nitrogens with one attached hydrogen (secondary N) is 2. The van der Waals surface area contributed by atoms with Crippen molar-refractivity contribution in [2.75, 3.05) is 13.1 Å². The molecule has 0 atom stereocenters. The number of benzene rings is 2. The van der Waals surface area contributed by atoms with Crippen LogP contribution in [-0.2, 0) is 18.5 Å². The molecule has 1 fully saturated rings. The Morgan fingerprint density at radius 3 is 2.65 bits per heavy atom. The fourth-order valence-electron chi connectivity index (χ4n) is 3.72. The molecule has 1 aliphatic carbocycles. The lowest BCUT2D eigenvalue weighted by atomic mass is 9.96. The Hall–Kier alpha value is -2.42. The predicted molar refractivity (Wildman–Crippen MR) is 133 cm³/mol. The monoisotopic (exact) mass is 533 g/mol. The Kier molecular flexibility index (Phi) is 8.06. The Labute approximate surface area is 200 Å². The third kappa shape index (κ3) is 6.29. The largest absolute Gasteiger partial charge is 0.357 e. The summed E-state index contributed by atoms with van der Waals surface area (Å²) in [5.41, 5.74) is 3.47. The number of hydrogen-bond acceptors (Lipinski definition) is 2. The van der Waals surface area contributed by atoms with Crippen LogP contribution in [0.5, 0.6) is 0 Å². The number of aliphatic imine (C=N–C) groups is 1. The van der Waals surface area contributed by atoms with E-state index in [0.29, 0.717) is 6.54 Å². The van der Waals surface area contributed by atoms with Crippen LogP contribution in [0.1, 0.15) is 36.5 Å². The summed E-state index contributed by atoms with van der Waals surface area (Å²) < 4.78 is 15.7. The minimum Gasteiger partial charge on any atom is -0.357 e. The first kappa shape index (κ1) is 23.2. The number of guanidine groups is 1. The fourth-order valence-corrected chi connectivity index (χ4v) is 3.72. The second kappa shape index (κ2) is 10.7. The van der Waals surface area contributed by atoms with Crippen molar-refractivity contribution in [3.63, 3.8) is 0 Å². The van der Waals surface area contributed by atoms with Gasteiger partial charge in [-0.25, -0.2) is 14.4 Å². The molecule has 0 spiro atoms. The minimum atomic E-state index is -0.171. The van der Waals surface area contributed by atoms with Gasteiger partial charge in [0.1, 0.15) is 5.82 Å². The molecule has 1 aromatic heterocycles. The van der Waals surface area contributed by atoms with Crippen LogP contribution in [0, 0.1) is 5.82 Å². The van der Waals surface area contributed by atoms with Crippen LogP contribution >= 0.6 is 24.0 Å². The number of aromatic nitrogens is 2. The Bertz CT molecular complexity index is 999. The average molecular weight is 533 g/mol. The zero-order chi connectivity index (χ0) is 20.8. The van der Waals surface area contributed by atoms with Crippen LogP contribution in [0.3, 0.4) is 0 Å². The molecule has 7 heteroatoms. The van der Waals surface area contributed by atoms with Crippen molar-refractivity contribution in [2.45, 2.75) is 38.3 Å². The van der Waals surface area contributed by atoms with Crippen molar-refractivity contribution in [2.24, 2.45) is 4.99 Å². The molecule has 31 heavy (non-hydrogen) atoms. The summed E-state index contributed by atoms with van der Waals surface area (Å²) in [7, 11) is 0. The van der Waals surface area contributed by atoms with E-state index in [9.17, 15) is 4.39 Å². The van der Waals surface area contributed by atoms with Crippen LogP contribution in [0.15, 0.2) is 72.2 Å². The van der Waals surface area contributed by atoms with E-state index in [1.54, 1.807) is 18.3 Å². The lowest BCUT2D eigenvalue weighted by molar-refractivity contribution is 0.607. The molecule has 0 bridgehead atoms. The summed E-state index contributed by atoms with van der Waals surface area (Å²) in [5.74, 6) is 0.620. The molecule has 0 amide bonds. The summed E-state index contributed by atoms with van der Waals surface area (Å²) in [5, 5.41) is 6.79. The van der Waals surface area contributed by atoms with Gasteiger partial charge >= 0.3 is 0 Å². The highest BCUT2D eigenvalue weighted by atomic mass is 127. The third-order valence-corrected chi connectivity index (χ3v) is 5.56. The van der Waals surface area contributed by atoms with Crippen LogP contribution < -0.4 is 10.6 Å². The van der Waals surface area contributed by atoms with Gasteiger partial charge in [0.05, 0.1) is 12.9 Å². The first-order valence-electron chi connectivity index (χ1n) is 10.5. The first-order valence-corrected chi connectivity index (χ1v) is 10.5. The van der Waals surface area contributed by atoms with E-state index < -0.39 is 0 Å². The van der Waals surface area contributed by atoms with Crippen LogP contribution in [0.4, 0.5) is 4.39 Å². The SMILES string of the molecule is CCNC(=NCc1cccc(Cn2ccnc2)c1)NCC1(c2cccc(F)c2)CC1.I. The summed E-state index contributed by atoms with van der Waals surface area (Å²) in [6.45, 7) is 5.00. The van der Waals surface area contributed by atoms with Gasteiger partial charge in [-0.05, 0) is 48.6 Å². The van der Waals surface area contributed by atoms with Gasteiger partial charge in [0.2, 0.25) is 0 Å². The van der Waals surface area contributed by atoms with Gasteiger partial charge in [0.15, 0.2) is 5.96 Å². The van der Waals surface area contributed by atoms with Gasteiger partial charge in [-0.15, -0.1) is 24.0 Å². The van der Waals surface area contributed by atoms with E-state index in [1.807, 2.05) is 18.6 Å². The topological polar surface area (TPSA) is 54.2 Å². The lowest BCUT2D eigenvalue weighted by Gasteiger charge is -2.19. The zero-order valence-corrected chi connectivity index (χ0v) is 20.1. The first-order chi connectivity index (χ1) is 14.7. The number of hydrogen-bond donors (Lipinski definition) is 2. The van der Waals surface area contributed by atoms with E-state index in [0.717, 1.165) is 49.6 Å². The highest BCUT2D eigenvalue weighted by Crippen LogP contribution is 2.47. The molecule has 1 aliphatic rings. The Morgan fingerprint density at radius 1 is 1.13 bits per heavy atom.